The van der Waals surface area contributed by atoms with Gasteiger partial charge in [0.1, 0.15) is 29.8 Å². The molecule has 0 saturated carbocycles. The Morgan fingerprint density at radius 2 is 1.74 bits per heavy atom. The van der Waals surface area contributed by atoms with E-state index in [2.05, 4.69) is 0 Å². The second-order valence-electron chi connectivity index (χ2n) is 6.92. The van der Waals surface area contributed by atoms with E-state index in [1.807, 2.05) is 0 Å². The molecule has 9 nitrogen and oxygen atoms in total. The third kappa shape index (κ3) is 5.60. The number of aliphatic hydroxyl groups is 4. The van der Waals surface area contributed by atoms with Crippen molar-refractivity contribution in [2.24, 2.45) is 0 Å². The fraction of sp³-hybridized carbons (Fsp3) is 0.318. The van der Waals surface area contributed by atoms with Gasteiger partial charge < -0.3 is 39.7 Å². The van der Waals surface area contributed by atoms with Crippen molar-refractivity contribution < 1.29 is 44.5 Å². The Kier molecular flexibility index (Phi) is 7.61. The lowest BCUT2D eigenvalue weighted by molar-refractivity contribution is -0.281. The molecule has 1 aliphatic rings. The zero-order valence-corrected chi connectivity index (χ0v) is 16.4. The van der Waals surface area contributed by atoms with E-state index in [1.165, 1.54) is 18.2 Å². The molecule has 5 N–H and O–H groups in total. The Morgan fingerprint density at radius 3 is 2.42 bits per heavy atom. The van der Waals surface area contributed by atoms with Gasteiger partial charge in [0.25, 0.3) is 0 Å². The highest BCUT2D eigenvalue weighted by atomic mass is 16.7. The molecular formula is C22H24O9. The van der Waals surface area contributed by atoms with Gasteiger partial charge in [-0.1, -0.05) is 30.3 Å². The van der Waals surface area contributed by atoms with E-state index in [4.69, 9.17) is 14.2 Å². The van der Waals surface area contributed by atoms with Crippen molar-refractivity contribution in [3.63, 3.8) is 0 Å². The first kappa shape index (κ1) is 22.7. The molecule has 9 heteroatoms. The molecule has 2 aromatic rings. The van der Waals surface area contributed by atoms with Crippen molar-refractivity contribution in [2.45, 2.75) is 37.3 Å². The van der Waals surface area contributed by atoms with E-state index in [0.717, 1.165) is 6.08 Å². The van der Waals surface area contributed by atoms with E-state index in [1.54, 1.807) is 36.4 Å². The van der Waals surface area contributed by atoms with Crippen LogP contribution >= 0.6 is 0 Å². The van der Waals surface area contributed by atoms with Gasteiger partial charge in [0.2, 0.25) is 6.29 Å². The van der Waals surface area contributed by atoms with Gasteiger partial charge in [0.05, 0.1) is 13.2 Å². The summed E-state index contributed by atoms with van der Waals surface area (Å²) in [5.74, 6) is -0.520. The maximum absolute atomic E-state index is 12.3. The Labute approximate surface area is 178 Å². The number of para-hydroxylation sites is 1. The Hall–Kier alpha value is -2.95. The van der Waals surface area contributed by atoms with Crippen LogP contribution < -0.4 is 4.74 Å². The molecule has 0 unspecified atom stereocenters. The summed E-state index contributed by atoms with van der Waals surface area (Å²) in [6, 6.07) is 12.6. The van der Waals surface area contributed by atoms with Gasteiger partial charge in [0, 0.05) is 11.6 Å². The molecule has 0 aromatic heterocycles. The third-order valence-corrected chi connectivity index (χ3v) is 4.77. The highest BCUT2D eigenvalue weighted by Crippen LogP contribution is 2.28. The van der Waals surface area contributed by atoms with Gasteiger partial charge in [-0.25, -0.2) is 4.79 Å². The molecule has 0 bridgehead atoms. The molecule has 0 spiro atoms. The number of phenols is 1. The predicted octanol–water partition coefficient (Wildman–Crippen LogP) is 0.327. The van der Waals surface area contributed by atoms with Crippen molar-refractivity contribution in [3.05, 3.63) is 65.7 Å². The lowest BCUT2D eigenvalue weighted by Gasteiger charge is -2.41. The van der Waals surface area contributed by atoms with Gasteiger partial charge in [0.15, 0.2) is 6.10 Å². The molecule has 0 radical (unpaired) electrons. The molecule has 1 heterocycles. The predicted molar refractivity (Wildman–Crippen MR) is 108 cm³/mol. The molecule has 3 rings (SSSR count). The first-order valence-electron chi connectivity index (χ1n) is 9.58. The number of hydrogen-bond donors (Lipinski definition) is 5. The molecule has 2 aromatic carbocycles. The average molecular weight is 432 g/mol. The van der Waals surface area contributed by atoms with Crippen LogP contribution in [0.5, 0.6) is 11.5 Å². The van der Waals surface area contributed by atoms with Gasteiger partial charge in [-0.3, -0.25) is 0 Å². The van der Waals surface area contributed by atoms with Gasteiger partial charge in [-0.15, -0.1) is 0 Å². The highest BCUT2D eigenvalue weighted by molar-refractivity contribution is 5.87. The lowest BCUT2D eigenvalue weighted by Crippen LogP contribution is -2.61. The maximum Gasteiger partial charge on any atom is 0.331 e. The normalized spacial score (nSPS) is 26.0. The van der Waals surface area contributed by atoms with Crippen LogP contribution in [0.1, 0.15) is 11.1 Å². The molecule has 166 valence electrons. The van der Waals surface area contributed by atoms with Gasteiger partial charge in [-0.2, -0.15) is 0 Å². The number of rotatable bonds is 7. The number of phenolic OH excluding ortho intramolecular Hbond substituents is 1. The summed E-state index contributed by atoms with van der Waals surface area (Å²) in [7, 11) is 0. The minimum atomic E-state index is -1.59. The van der Waals surface area contributed by atoms with Crippen molar-refractivity contribution >= 4 is 12.0 Å². The van der Waals surface area contributed by atoms with Crippen LogP contribution in [0.2, 0.25) is 0 Å². The summed E-state index contributed by atoms with van der Waals surface area (Å²) >= 11 is 0. The molecule has 31 heavy (non-hydrogen) atoms. The van der Waals surface area contributed by atoms with Crippen molar-refractivity contribution in [1.29, 1.82) is 0 Å². The zero-order chi connectivity index (χ0) is 22.4. The van der Waals surface area contributed by atoms with E-state index in [-0.39, 0.29) is 18.1 Å². The summed E-state index contributed by atoms with van der Waals surface area (Å²) in [5, 5.41) is 48.9. The van der Waals surface area contributed by atoms with E-state index in [0.29, 0.717) is 11.1 Å². The minimum Gasteiger partial charge on any atom is -0.508 e. The number of hydrogen-bond acceptors (Lipinski definition) is 9. The second-order valence-corrected chi connectivity index (χ2v) is 6.92. The smallest absolute Gasteiger partial charge is 0.331 e. The lowest BCUT2D eigenvalue weighted by atomic mass is 9.99. The van der Waals surface area contributed by atoms with Crippen LogP contribution in [-0.2, 0) is 20.9 Å². The molecule has 1 aliphatic heterocycles. The number of ether oxygens (including phenoxy) is 3. The number of benzene rings is 2. The first-order valence-corrected chi connectivity index (χ1v) is 9.58. The fourth-order valence-electron chi connectivity index (χ4n) is 3.07. The Balaban J connectivity index is 1.77. The standard InChI is InChI=1S/C22H24O9/c23-11-14-3-1-2-4-16(14)29-22-21(20(28)19(27)17(12-24)30-22)31-18(26)10-7-13-5-8-15(25)9-6-13/h1-10,17,19-25,27-28H,11-12H2/b10-7+/t17-,19-,20+,21-,22-/m1/s1. The molecular weight excluding hydrogens is 408 g/mol. The molecule has 1 saturated heterocycles. The van der Waals surface area contributed by atoms with E-state index in [9.17, 15) is 30.3 Å². The van der Waals surface area contributed by atoms with Crippen molar-refractivity contribution in [2.75, 3.05) is 6.61 Å². The van der Waals surface area contributed by atoms with E-state index >= 15 is 0 Å². The molecule has 5 atom stereocenters. The fourth-order valence-corrected chi connectivity index (χ4v) is 3.07. The third-order valence-electron chi connectivity index (χ3n) is 4.77. The van der Waals surface area contributed by atoms with E-state index < -0.39 is 43.3 Å². The number of esters is 1. The summed E-state index contributed by atoms with van der Waals surface area (Å²) < 4.78 is 16.5. The van der Waals surface area contributed by atoms with Crippen molar-refractivity contribution in [3.8, 4) is 11.5 Å². The SMILES string of the molecule is O=C(/C=C/c1ccc(O)cc1)O[C@H]1[C@H](Oc2ccccc2CO)O[C@H](CO)[C@@H](O)[C@@H]1O. The highest BCUT2D eigenvalue weighted by Gasteiger charge is 2.47. The summed E-state index contributed by atoms with van der Waals surface area (Å²) in [4.78, 5) is 12.3. The van der Waals surface area contributed by atoms with Crippen LogP contribution in [0.4, 0.5) is 0 Å². The molecule has 0 amide bonds. The van der Waals surface area contributed by atoms with Crippen LogP contribution in [0.15, 0.2) is 54.6 Å². The number of aliphatic hydroxyl groups excluding tert-OH is 4. The summed E-state index contributed by atoms with van der Waals surface area (Å²) in [6.45, 7) is -0.918. The molecule has 0 aliphatic carbocycles. The monoisotopic (exact) mass is 432 g/mol. The number of carbonyl (C=O) groups excluding carboxylic acids is 1. The number of carbonyl (C=O) groups is 1. The van der Waals surface area contributed by atoms with Crippen LogP contribution in [0.3, 0.4) is 0 Å². The Bertz CT molecular complexity index is 896. The van der Waals surface area contributed by atoms with Gasteiger partial charge in [-0.05, 0) is 29.8 Å². The van der Waals surface area contributed by atoms with Crippen LogP contribution in [0.25, 0.3) is 6.08 Å². The molecule has 1 fully saturated rings. The topological polar surface area (TPSA) is 146 Å². The van der Waals surface area contributed by atoms with Crippen molar-refractivity contribution in [1.82, 2.24) is 0 Å². The Morgan fingerprint density at radius 1 is 1.03 bits per heavy atom. The summed E-state index contributed by atoms with van der Waals surface area (Å²) in [6.07, 6.45) is -4.48. The van der Waals surface area contributed by atoms with Gasteiger partial charge >= 0.3 is 5.97 Å². The van der Waals surface area contributed by atoms with Crippen LogP contribution in [0, 0.1) is 0 Å². The largest absolute Gasteiger partial charge is 0.508 e. The quantitative estimate of drug-likeness (QED) is 0.308. The maximum atomic E-state index is 12.3. The van der Waals surface area contributed by atoms with Crippen LogP contribution in [-0.4, -0.2) is 68.8 Å². The number of aromatic hydroxyl groups is 1. The average Bonchev–Trinajstić information content (AvgIpc) is 2.78. The zero-order valence-electron chi connectivity index (χ0n) is 16.4. The second kappa shape index (κ2) is 10.4. The first-order chi connectivity index (χ1) is 14.9. The minimum absolute atomic E-state index is 0.0813. The summed E-state index contributed by atoms with van der Waals surface area (Å²) in [5.41, 5.74) is 1.06.